The number of rotatable bonds is 6. The molecular weight excluding hydrogens is 362 g/mol. The zero-order chi connectivity index (χ0) is 20.2. The van der Waals surface area contributed by atoms with Gasteiger partial charge in [-0.3, -0.25) is 4.79 Å². The number of nitrogens with zero attached hydrogens (tertiary/aromatic N) is 1. The summed E-state index contributed by atoms with van der Waals surface area (Å²) < 4.78 is 11.6. The van der Waals surface area contributed by atoms with Crippen LogP contribution in [0.5, 0.6) is 11.5 Å². The van der Waals surface area contributed by atoms with E-state index in [1.165, 1.54) is 0 Å². The van der Waals surface area contributed by atoms with E-state index in [0.717, 1.165) is 40.3 Å². The minimum absolute atomic E-state index is 0.0142. The van der Waals surface area contributed by atoms with Crippen molar-refractivity contribution in [3.05, 3.63) is 78.4 Å². The van der Waals surface area contributed by atoms with Gasteiger partial charge in [0, 0.05) is 5.56 Å². The number of methoxy groups -OCH3 is 1. The molecule has 3 aromatic carbocycles. The smallest absolute Gasteiger partial charge is 0.268 e. The largest absolute Gasteiger partial charge is 0.496 e. The van der Waals surface area contributed by atoms with E-state index in [2.05, 4.69) is 6.92 Å². The average Bonchev–Trinajstić information content (AvgIpc) is 2.77. The molecular formula is C25H25NO3. The lowest BCUT2D eigenvalue weighted by atomic mass is 10.0. The molecule has 4 heteroatoms. The Kier molecular flexibility index (Phi) is 5.52. The summed E-state index contributed by atoms with van der Waals surface area (Å²) in [5, 5.41) is 0. The van der Waals surface area contributed by atoms with Crippen molar-refractivity contribution in [2.24, 2.45) is 0 Å². The molecule has 0 radical (unpaired) electrons. The third kappa shape index (κ3) is 3.83. The number of hydrogen-bond donors (Lipinski definition) is 0. The SMILES string of the molecule is CCCC1Oc2ccc(-c3ccccc3OC)cc2N(Cc2ccccc2)C1=O. The highest BCUT2D eigenvalue weighted by Gasteiger charge is 2.34. The van der Waals surface area contributed by atoms with Gasteiger partial charge in [0.25, 0.3) is 5.91 Å². The van der Waals surface area contributed by atoms with Gasteiger partial charge < -0.3 is 14.4 Å². The highest BCUT2D eigenvalue weighted by atomic mass is 16.5. The quantitative estimate of drug-likeness (QED) is 0.564. The molecule has 0 bridgehead atoms. The zero-order valence-electron chi connectivity index (χ0n) is 16.8. The maximum Gasteiger partial charge on any atom is 0.268 e. The van der Waals surface area contributed by atoms with Crippen molar-refractivity contribution >= 4 is 11.6 Å². The van der Waals surface area contributed by atoms with Crippen LogP contribution in [-0.4, -0.2) is 19.1 Å². The third-order valence-corrected chi connectivity index (χ3v) is 5.21. The van der Waals surface area contributed by atoms with Gasteiger partial charge in [0.2, 0.25) is 0 Å². The van der Waals surface area contributed by atoms with Crippen LogP contribution in [0.3, 0.4) is 0 Å². The van der Waals surface area contributed by atoms with E-state index in [0.29, 0.717) is 13.0 Å². The van der Waals surface area contributed by atoms with Crippen molar-refractivity contribution in [3.63, 3.8) is 0 Å². The number of carbonyl (C=O) groups excluding carboxylic acids is 1. The van der Waals surface area contributed by atoms with Gasteiger partial charge in [-0.1, -0.05) is 67.9 Å². The van der Waals surface area contributed by atoms with E-state index < -0.39 is 6.10 Å². The molecule has 148 valence electrons. The Morgan fingerprint density at radius 2 is 1.76 bits per heavy atom. The molecule has 0 saturated heterocycles. The first-order chi connectivity index (χ1) is 14.2. The first kappa shape index (κ1) is 19.1. The molecule has 4 rings (SSSR count). The lowest BCUT2D eigenvalue weighted by Gasteiger charge is -2.35. The predicted molar refractivity (Wildman–Crippen MR) is 115 cm³/mol. The summed E-state index contributed by atoms with van der Waals surface area (Å²) in [6, 6.07) is 24.0. The fraction of sp³-hybridized carbons (Fsp3) is 0.240. The van der Waals surface area contributed by atoms with Gasteiger partial charge in [-0.25, -0.2) is 0 Å². The molecule has 0 saturated carbocycles. The summed E-state index contributed by atoms with van der Waals surface area (Å²) in [5.41, 5.74) is 3.87. The Balaban J connectivity index is 1.78. The first-order valence-corrected chi connectivity index (χ1v) is 10.0. The number of fused-ring (bicyclic) bond motifs is 1. The summed E-state index contributed by atoms with van der Waals surface area (Å²) in [7, 11) is 1.67. The Morgan fingerprint density at radius 1 is 1.00 bits per heavy atom. The maximum absolute atomic E-state index is 13.2. The Bertz CT molecular complexity index is 1000. The van der Waals surface area contributed by atoms with Crippen LogP contribution < -0.4 is 14.4 Å². The highest BCUT2D eigenvalue weighted by molar-refractivity contribution is 6.00. The van der Waals surface area contributed by atoms with Crippen molar-refractivity contribution in [1.82, 2.24) is 0 Å². The summed E-state index contributed by atoms with van der Waals surface area (Å²) >= 11 is 0. The van der Waals surface area contributed by atoms with Gasteiger partial charge in [-0.2, -0.15) is 0 Å². The minimum atomic E-state index is -0.437. The second kappa shape index (κ2) is 8.39. The van der Waals surface area contributed by atoms with Gasteiger partial charge in [0.05, 0.1) is 19.3 Å². The first-order valence-electron chi connectivity index (χ1n) is 10.0. The van der Waals surface area contributed by atoms with Crippen LogP contribution >= 0.6 is 0 Å². The molecule has 0 aliphatic carbocycles. The Labute approximate surface area is 171 Å². The summed E-state index contributed by atoms with van der Waals surface area (Å²) in [4.78, 5) is 15.1. The van der Waals surface area contributed by atoms with Crippen LogP contribution in [0, 0.1) is 0 Å². The standard InChI is InChI=1S/C25H25NO3/c1-3-9-24-25(27)26(17-18-10-5-4-6-11-18)21-16-19(14-15-23(21)29-24)20-12-7-8-13-22(20)28-2/h4-8,10-16,24H,3,9,17H2,1-2H3. The number of benzene rings is 3. The molecule has 1 amide bonds. The van der Waals surface area contributed by atoms with Gasteiger partial charge >= 0.3 is 0 Å². The van der Waals surface area contributed by atoms with Crippen molar-refractivity contribution in [2.75, 3.05) is 12.0 Å². The topological polar surface area (TPSA) is 38.8 Å². The predicted octanol–water partition coefficient (Wildman–Crippen LogP) is 5.46. The number of carbonyl (C=O) groups is 1. The number of para-hydroxylation sites is 1. The highest BCUT2D eigenvalue weighted by Crippen LogP contribution is 2.40. The van der Waals surface area contributed by atoms with E-state index in [-0.39, 0.29) is 5.91 Å². The van der Waals surface area contributed by atoms with Crippen LogP contribution in [0.4, 0.5) is 5.69 Å². The molecule has 0 fully saturated rings. The molecule has 1 heterocycles. The molecule has 1 aliphatic heterocycles. The number of amides is 1. The molecule has 3 aromatic rings. The van der Waals surface area contributed by atoms with E-state index in [1.807, 2.05) is 77.7 Å². The van der Waals surface area contributed by atoms with Gasteiger partial charge in [-0.15, -0.1) is 0 Å². The van der Waals surface area contributed by atoms with Crippen molar-refractivity contribution in [1.29, 1.82) is 0 Å². The molecule has 0 spiro atoms. The molecule has 1 unspecified atom stereocenters. The fourth-order valence-corrected chi connectivity index (χ4v) is 3.75. The van der Waals surface area contributed by atoms with Crippen LogP contribution in [-0.2, 0) is 11.3 Å². The monoisotopic (exact) mass is 387 g/mol. The fourth-order valence-electron chi connectivity index (χ4n) is 3.75. The van der Waals surface area contributed by atoms with Crippen LogP contribution in [0.2, 0.25) is 0 Å². The minimum Gasteiger partial charge on any atom is -0.496 e. The van der Waals surface area contributed by atoms with Crippen LogP contribution in [0.1, 0.15) is 25.3 Å². The van der Waals surface area contributed by atoms with E-state index >= 15 is 0 Å². The second-order valence-electron chi connectivity index (χ2n) is 7.19. The lowest BCUT2D eigenvalue weighted by Crippen LogP contribution is -2.45. The zero-order valence-corrected chi connectivity index (χ0v) is 16.8. The van der Waals surface area contributed by atoms with Crippen molar-refractivity contribution in [3.8, 4) is 22.6 Å². The summed E-state index contributed by atoms with van der Waals surface area (Å²) in [6.07, 6.45) is 1.16. The molecule has 0 N–H and O–H groups in total. The molecule has 0 aromatic heterocycles. The van der Waals surface area contributed by atoms with Crippen LogP contribution in [0.15, 0.2) is 72.8 Å². The number of anilines is 1. The summed E-state index contributed by atoms with van der Waals surface area (Å²) in [6.45, 7) is 2.59. The molecule has 1 aliphatic rings. The van der Waals surface area contributed by atoms with Crippen molar-refractivity contribution in [2.45, 2.75) is 32.4 Å². The summed E-state index contributed by atoms with van der Waals surface area (Å²) in [5.74, 6) is 1.56. The molecule has 4 nitrogen and oxygen atoms in total. The van der Waals surface area contributed by atoms with Gasteiger partial charge in [-0.05, 0) is 35.7 Å². The van der Waals surface area contributed by atoms with E-state index in [9.17, 15) is 4.79 Å². The van der Waals surface area contributed by atoms with Crippen LogP contribution in [0.25, 0.3) is 11.1 Å². The average molecular weight is 387 g/mol. The van der Waals surface area contributed by atoms with Gasteiger partial charge in [0.1, 0.15) is 11.5 Å². The van der Waals surface area contributed by atoms with E-state index in [1.54, 1.807) is 7.11 Å². The number of hydrogen-bond acceptors (Lipinski definition) is 3. The number of ether oxygens (including phenoxy) is 2. The van der Waals surface area contributed by atoms with Gasteiger partial charge in [0.15, 0.2) is 6.10 Å². The molecule has 29 heavy (non-hydrogen) atoms. The normalized spacial score (nSPS) is 15.6. The van der Waals surface area contributed by atoms with E-state index in [4.69, 9.17) is 9.47 Å². The molecule has 1 atom stereocenters. The Hall–Kier alpha value is -3.27. The second-order valence-corrected chi connectivity index (χ2v) is 7.19. The lowest BCUT2D eigenvalue weighted by molar-refractivity contribution is -0.126. The third-order valence-electron chi connectivity index (χ3n) is 5.21. The maximum atomic E-state index is 13.2. The Morgan fingerprint density at radius 3 is 2.52 bits per heavy atom. The van der Waals surface area contributed by atoms with Crippen molar-refractivity contribution < 1.29 is 14.3 Å².